The minimum Gasteiger partial charge on any atom is -0.399 e. The van der Waals surface area contributed by atoms with Crippen LogP contribution in [0.25, 0.3) is 0 Å². The highest BCUT2D eigenvalue weighted by atomic mass is 16.2. The Morgan fingerprint density at radius 2 is 1.32 bits per heavy atom. The number of nitrogens with two attached hydrogens (primary N) is 2. The van der Waals surface area contributed by atoms with Crippen LogP contribution < -0.4 is 21.7 Å². The number of para-hydroxylation sites is 2. The predicted octanol–water partition coefficient (Wildman–Crippen LogP) is 2.67. The van der Waals surface area contributed by atoms with Crippen molar-refractivity contribution in [1.82, 2.24) is 0 Å². The normalized spacial score (nSPS) is 10.1. The first kappa shape index (κ1) is 18.7. The zero-order valence-electron chi connectivity index (χ0n) is 14.8. The number of hydrogen-bond acceptors (Lipinski definition) is 4. The SMILES string of the molecule is NC(=O)c1ccccc1NC(=O)C(=O)N(c1ccccc1)c1ccc(N)cc1. The van der Waals surface area contributed by atoms with E-state index in [2.05, 4.69) is 5.32 Å². The molecule has 0 fully saturated rings. The largest absolute Gasteiger partial charge is 0.399 e. The number of benzene rings is 3. The molecule has 0 atom stereocenters. The summed E-state index contributed by atoms with van der Waals surface area (Å²) in [4.78, 5) is 38.5. The molecule has 3 aromatic carbocycles. The first-order valence-electron chi connectivity index (χ1n) is 8.42. The van der Waals surface area contributed by atoms with Crippen molar-refractivity contribution in [3.63, 3.8) is 0 Å². The lowest BCUT2D eigenvalue weighted by Gasteiger charge is -2.22. The van der Waals surface area contributed by atoms with E-state index in [1.165, 1.54) is 17.0 Å². The maximum Gasteiger partial charge on any atom is 0.321 e. The molecule has 0 aliphatic rings. The third-order valence-corrected chi connectivity index (χ3v) is 4.00. The summed E-state index contributed by atoms with van der Waals surface area (Å²) in [6.45, 7) is 0. The quantitative estimate of drug-likeness (QED) is 0.480. The molecule has 7 heteroatoms. The van der Waals surface area contributed by atoms with E-state index >= 15 is 0 Å². The predicted molar refractivity (Wildman–Crippen MR) is 108 cm³/mol. The van der Waals surface area contributed by atoms with E-state index in [0.29, 0.717) is 17.1 Å². The molecule has 3 amide bonds. The summed E-state index contributed by atoms with van der Waals surface area (Å²) in [6.07, 6.45) is 0. The van der Waals surface area contributed by atoms with Crippen LogP contribution >= 0.6 is 0 Å². The average molecular weight is 374 g/mol. The molecule has 0 spiro atoms. The zero-order valence-corrected chi connectivity index (χ0v) is 14.8. The summed E-state index contributed by atoms with van der Waals surface area (Å²) in [7, 11) is 0. The summed E-state index contributed by atoms with van der Waals surface area (Å²) < 4.78 is 0. The number of hydrogen-bond donors (Lipinski definition) is 3. The number of nitrogen functional groups attached to an aromatic ring is 1. The van der Waals surface area contributed by atoms with Crippen LogP contribution in [-0.2, 0) is 9.59 Å². The summed E-state index contributed by atoms with van der Waals surface area (Å²) in [5, 5.41) is 2.47. The Balaban J connectivity index is 1.94. The number of nitrogens with zero attached hydrogens (tertiary/aromatic N) is 1. The highest BCUT2D eigenvalue weighted by molar-refractivity contribution is 6.46. The second-order valence-electron chi connectivity index (χ2n) is 5.93. The lowest BCUT2D eigenvalue weighted by Crippen LogP contribution is -2.37. The maximum absolute atomic E-state index is 13.0. The van der Waals surface area contributed by atoms with Crippen molar-refractivity contribution in [3.05, 3.63) is 84.4 Å². The van der Waals surface area contributed by atoms with Gasteiger partial charge in [-0.25, -0.2) is 0 Å². The Kier molecular flexibility index (Phi) is 5.36. The van der Waals surface area contributed by atoms with E-state index in [0.717, 1.165) is 0 Å². The van der Waals surface area contributed by atoms with E-state index in [9.17, 15) is 14.4 Å². The van der Waals surface area contributed by atoms with Crippen molar-refractivity contribution >= 4 is 40.5 Å². The van der Waals surface area contributed by atoms with Crippen LogP contribution in [0, 0.1) is 0 Å². The van der Waals surface area contributed by atoms with Crippen LogP contribution in [0.15, 0.2) is 78.9 Å². The van der Waals surface area contributed by atoms with E-state index in [-0.39, 0.29) is 11.3 Å². The Hall–Kier alpha value is -4.13. The first-order chi connectivity index (χ1) is 13.5. The molecular weight excluding hydrogens is 356 g/mol. The van der Waals surface area contributed by atoms with Crippen molar-refractivity contribution in [2.75, 3.05) is 16.0 Å². The minimum absolute atomic E-state index is 0.113. The van der Waals surface area contributed by atoms with Crippen LogP contribution in [-0.4, -0.2) is 17.7 Å². The van der Waals surface area contributed by atoms with Crippen LogP contribution in [0.2, 0.25) is 0 Å². The van der Waals surface area contributed by atoms with Gasteiger partial charge < -0.3 is 16.8 Å². The molecule has 0 unspecified atom stereocenters. The highest BCUT2D eigenvalue weighted by Crippen LogP contribution is 2.26. The van der Waals surface area contributed by atoms with Crippen LogP contribution in [0.3, 0.4) is 0 Å². The van der Waals surface area contributed by atoms with Gasteiger partial charge in [-0.3, -0.25) is 19.3 Å². The molecule has 0 aliphatic heterocycles. The molecule has 5 N–H and O–H groups in total. The van der Waals surface area contributed by atoms with Gasteiger partial charge in [0.05, 0.1) is 11.3 Å². The number of carbonyl (C=O) groups is 3. The molecule has 140 valence electrons. The highest BCUT2D eigenvalue weighted by Gasteiger charge is 2.26. The van der Waals surface area contributed by atoms with Gasteiger partial charge in [0.15, 0.2) is 0 Å². The Bertz CT molecular complexity index is 1020. The Morgan fingerprint density at radius 1 is 0.750 bits per heavy atom. The standard InChI is InChI=1S/C21H18N4O3/c22-14-10-12-16(13-11-14)25(15-6-2-1-3-7-15)21(28)20(27)24-18-9-5-4-8-17(18)19(23)26/h1-13H,22H2,(H2,23,26)(H,24,27). The summed E-state index contributed by atoms with van der Waals surface area (Å²) in [5.41, 5.74) is 12.8. The molecule has 0 bridgehead atoms. The molecule has 3 rings (SSSR count). The van der Waals surface area contributed by atoms with Crippen molar-refractivity contribution in [1.29, 1.82) is 0 Å². The second-order valence-corrected chi connectivity index (χ2v) is 5.93. The minimum atomic E-state index is -0.908. The Labute approximate surface area is 161 Å². The molecule has 0 radical (unpaired) electrons. The average Bonchev–Trinajstić information content (AvgIpc) is 2.70. The first-order valence-corrected chi connectivity index (χ1v) is 8.42. The molecular formula is C21H18N4O3. The zero-order chi connectivity index (χ0) is 20.1. The molecule has 0 aliphatic carbocycles. The van der Waals surface area contributed by atoms with E-state index in [1.54, 1.807) is 66.7 Å². The lowest BCUT2D eigenvalue weighted by molar-refractivity contribution is -0.134. The summed E-state index contributed by atoms with van der Waals surface area (Å²) in [6, 6.07) is 21.5. The van der Waals surface area contributed by atoms with Crippen molar-refractivity contribution in [2.45, 2.75) is 0 Å². The topological polar surface area (TPSA) is 119 Å². The second kappa shape index (κ2) is 8.05. The molecule has 0 saturated heterocycles. The summed E-state index contributed by atoms with van der Waals surface area (Å²) in [5.74, 6) is -2.44. The molecule has 0 heterocycles. The van der Waals surface area contributed by atoms with Crippen LogP contribution in [0.1, 0.15) is 10.4 Å². The van der Waals surface area contributed by atoms with Crippen LogP contribution in [0.5, 0.6) is 0 Å². The van der Waals surface area contributed by atoms with Crippen LogP contribution in [0.4, 0.5) is 22.7 Å². The van der Waals surface area contributed by atoms with Crippen molar-refractivity contribution in [3.8, 4) is 0 Å². The number of amides is 3. The van der Waals surface area contributed by atoms with Gasteiger partial charge in [-0.2, -0.15) is 0 Å². The van der Waals surface area contributed by atoms with E-state index in [4.69, 9.17) is 11.5 Å². The van der Waals surface area contributed by atoms with Gasteiger partial charge >= 0.3 is 11.8 Å². The van der Waals surface area contributed by atoms with Gasteiger partial charge in [0.2, 0.25) is 0 Å². The number of primary amides is 1. The summed E-state index contributed by atoms with van der Waals surface area (Å²) >= 11 is 0. The lowest BCUT2D eigenvalue weighted by atomic mass is 10.1. The third kappa shape index (κ3) is 3.99. The number of carbonyl (C=O) groups excluding carboxylic acids is 3. The van der Waals surface area contributed by atoms with Crippen molar-refractivity contribution < 1.29 is 14.4 Å². The molecule has 0 saturated carbocycles. The number of rotatable bonds is 4. The van der Waals surface area contributed by atoms with Gasteiger partial charge in [0, 0.05) is 17.1 Å². The van der Waals surface area contributed by atoms with Gasteiger partial charge in [0.25, 0.3) is 5.91 Å². The fraction of sp³-hybridized carbons (Fsp3) is 0. The van der Waals surface area contributed by atoms with E-state index < -0.39 is 17.7 Å². The number of nitrogens with one attached hydrogen (secondary N) is 1. The van der Waals surface area contributed by atoms with E-state index in [1.807, 2.05) is 0 Å². The molecule has 3 aromatic rings. The van der Waals surface area contributed by atoms with Crippen molar-refractivity contribution in [2.24, 2.45) is 5.73 Å². The molecule has 7 nitrogen and oxygen atoms in total. The van der Waals surface area contributed by atoms with Gasteiger partial charge in [-0.05, 0) is 48.5 Å². The smallest absolute Gasteiger partial charge is 0.321 e. The Morgan fingerprint density at radius 3 is 1.96 bits per heavy atom. The monoisotopic (exact) mass is 374 g/mol. The van der Waals surface area contributed by atoms with Gasteiger partial charge in [-0.15, -0.1) is 0 Å². The number of anilines is 4. The van der Waals surface area contributed by atoms with Gasteiger partial charge in [0.1, 0.15) is 0 Å². The fourth-order valence-electron chi connectivity index (χ4n) is 2.67. The molecule has 28 heavy (non-hydrogen) atoms. The molecule has 0 aromatic heterocycles. The maximum atomic E-state index is 13.0. The third-order valence-electron chi connectivity index (χ3n) is 4.00. The fourth-order valence-corrected chi connectivity index (χ4v) is 2.67. The van der Waals surface area contributed by atoms with Gasteiger partial charge in [-0.1, -0.05) is 30.3 Å².